The molecule has 0 fully saturated rings. The largest absolute Gasteiger partial charge is 0.495 e. The van der Waals surface area contributed by atoms with E-state index in [1.54, 1.807) is 0 Å². The van der Waals surface area contributed by atoms with E-state index in [2.05, 4.69) is 4.72 Å². The van der Waals surface area contributed by atoms with Crippen molar-refractivity contribution >= 4 is 21.7 Å². The Labute approximate surface area is 168 Å². The Bertz CT molecular complexity index is 1190. The van der Waals surface area contributed by atoms with Gasteiger partial charge in [0.2, 0.25) is 0 Å². The molecule has 0 unspecified atom stereocenters. The average molecular weight is 441 g/mol. The Morgan fingerprint density at radius 3 is 2.43 bits per heavy atom. The number of alkyl halides is 3. The Kier molecular flexibility index (Phi) is 5.49. The van der Waals surface area contributed by atoms with Gasteiger partial charge in [0, 0.05) is 5.56 Å². The molecule has 30 heavy (non-hydrogen) atoms. The van der Waals surface area contributed by atoms with Gasteiger partial charge < -0.3 is 14.3 Å². The molecule has 0 saturated heterocycles. The molecule has 0 bridgehead atoms. The van der Waals surface area contributed by atoms with E-state index >= 15 is 0 Å². The number of nitrogens with one attached hydrogen (secondary N) is 1. The number of hydrogen-bond donors (Lipinski definition) is 2. The van der Waals surface area contributed by atoms with Gasteiger partial charge in [-0.2, -0.15) is 13.2 Å². The van der Waals surface area contributed by atoms with Gasteiger partial charge in [-0.3, -0.25) is 4.72 Å². The molecule has 0 aliphatic heterocycles. The second kappa shape index (κ2) is 7.75. The monoisotopic (exact) mass is 441 g/mol. The number of ether oxygens (including phenoxy) is 1. The van der Waals surface area contributed by atoms with Gasteiger partial charge in [-0.05, 0) is 48.5 Å². The van der Waals surface area contributed by atoms with E-state index < -0.39 is 38.3 Å². The van der Waals surface area contributed by atoms with E-state index in [-0.39, 0.29) is 22.6 Å². The van der Waals surface area contributed by atoms with Crippen molar-refractivity contribution in [3.05, 3.63) is 65.9 Å². The molecule has 1 aromatic heterocycles. The van der Waals surface area contributed by atoms with Crippen molar-refractivity contribution in [3.8, 4) is 17.1 Å². The number of carboxylic acids is 1. The van der Waals surface area contributed by atoms with Crippen LogP contribution in [-0.2, 0) is 16.2 Å². The summed E-state index contributed by atoms with van der Waals surface area (Å²) >= 11 is 0. The van der Waals surface area contributed by atoms with Gasteiger partial charge in [0.05, 0.1) is 30.2 Å². The van der Waals surface area contributed by atoms with Gasteiger partial charge in [-0.1, -0.05) is 0 Å². The third kappa shape index (κ3) is 4.25. The summed E-state index contributed by atoms with van der Waals surface area (Å²) in [5.41, 5.74) is -1.76. The van der Waals surface area contributed by atoms with Crippen molar-refractivity contribution in [2.45, 2.75) is 11.1 Å². The van der Waals surface area contributed by atoms with Crippen LogP contribution in [0.25, 0.3) is 11.3 Å². The Hall–Kier alpha value is -3.47. The zero-order valence-electron chi connectivity index (χ0n) is 15.2. The standard InChI is InChI=1S/C19H14F3NO6S/c1-28-16-7-4-11(18(24)25)9-17(16)30(26,27)23-14-10-12(19(20,21)22)5-6-13(14)15-3-2-8-29-15/h2-10,23H,1H3,(H,24,25). The van der Waals surface area contributed by atoms with Crippen LogP contribution in [0.5, 0.6) is 5.75 Å². The topological polar surface area (TPSA) is 106 Å². The van der Waals surface area contributed by atoms with Crippen molar-refractivity contribution in [2.24, 2.45) is 0 Å². The normalized spacial score (nSPS) is 11.9. The first-order valence-corrected chi connectivity index (χ1v) is 9.70. The van der Waals surface area contributed by atoms with E-state index in [1.165, 1.54) is 25.5 Å². The van der Waals surface area contributed by atoms with Crippen LogP contribution >= 0.6 is 0 Å². The van der Waals surface area contributed by atoms with E-state index in [1.807, 2.05) is 0 Å². The molecule has 0 amide bonds. The molecule has 3 aromatic rings. The summed E-state index contributed by atoms with van der Waals surface area (Å²) in [7, 11) is -3.36. The highest BCUT2D eigenvalue weighted by atomic mass is 32.2. The minimum atomic E-state index is -4.72. The molecule has 2 N–H and O–H groups in total. The van der Waals surface area contributed by atoms with Crippen molar-refractivity contribution < 1.29 is 40.6 Å². The van der Waals surface area contributed by atoms with Crippen molar-refractivity contribution in [1.29, 1.82) is 0 Å². The zero-order valence-corrected chi connectivity index (χ0v) is 16.0. The van der Waals surface area contributed by atoms with Gasteiger partial charge in [-0.15, -0.1) is 0 Å². The van der Waals surface area contributed by atoms with E-state index in [0.717, 1.165) is 30.3 Å². The third-order valence-electron chi connectivity index (χ3n) is 4.08. The van der Waals surface area contributed by atoms with Crippen molar-refractivity contribution in [3.63, 3.8) is 0 Å². The van der Waals surface area contributed by atoms with Gasteiger partial charge in [0.15, 0.2) is 0 Å². The second-order valence-electron chi connectivity index (χ2n) is 6.01. The van der Waals surface area contributed by atoms with Crippen LogP contribution in [0.1, 0.15) is 15.9 Å². The maximum absolute atomic E-state index is 13.2. The van der Waals surface area contributed by atoms with Gasteiger partial charge in [0.1, 0.15) is 16.4 Å². The number of rotatable bonds is 6. The summed E-state index contributed by atoms with van der Waals surface area (Å²) in [5.74, 6) is -1.43. The maximum atomic E-state index is 13.2. The molecule has 1 heterocycles. The molecule has 0 spiro atoms. The molecule has 0 saturated carbocycles. The summed E-state index contributed by atoms with van der Waals surface area (Å²) in [6, 6.07) is 8.56. The summed E-state index contributed by atoms with van der Waals surface area (Å²) in [6.07, 6.45) is -3.44. The first kappa shape index (κ1) is 21.2. The number of benzene rings is 2. The molecule has 0 aliphatic carbocycles. The summed E-state index contributed by atoms with van der Waals surface area (Å²) in [4.78, 5) is 10.7. The van der Waals surface area contributed by atoms with Gasteiger partial charge in [0.25, 0.3) is 10.0 Å². The molecular formula is C19H14F3NO6S. The quantitative estimate of drug-likeness (QED) is 0.585. The fourth-order valence-corrected chi connectivity index (χ4v) is 3.94. The van der Waals surface area contributed by atoms with E-state index in [0.29, 0.717) is 6.07 Å². The zero-order chi connectivity index (χ0) is 22.1. The predicted octanol–water partition coefficient (Wildman–Crippen LogP) is 4.47. The Balaban J connectivity index is 2.15. The first-order chi connectivity index (χ1) is 14.0. The summed E-state index contributed by atoms with van der Waals surface area (Å²) < 4.78 is 77.6. The fraction of sp³-hybridized carbons (Fsp3) is 0.105. The van der Waals surface area contributed by atoms with Crippen LogP contribution in [-0.4, -0.2) is 26.6 Å². The number of furan rings is 1. The smallest absolute Gasteiger partial charge is 0.416 e. The molecule has 3 rings (SSSR count). The lowest BCUT2D eigenvalue weighted by atomic mass is 10.1. The SMILES string of the molecule is COc1ccc(C(=O)O)cc1S(=O)(=O)Nc1cc(C(F)(F)F)ccc1-c1ccco1. The van der Waals surface area contributed by atoms with Crippen LogP contribution in [0.4, 0.5) is 18.9 Å². The number of halogens is 3. The third-order valence-corrected chi connectivity index (χ3v) is 5.46. The van der Waals surface area contributed by atoms with Gasteiger partial charge >= 0.3 is 12.1 Å². The second-order valence-corrected chi connectivity index (χ2v) is 7.66. The molecule has 0 radical (unpaired) electrons. The number of anilines is 1. The minimum Gasteiger partial charge on any atom is -0.495 e. The average Bonchev–Trinajstić information content (AvgIpc) is 3.20. The minimum absolute atomic E-state index is 0.0601. The van der Waals surface area contributed by atoms with E-state index in [4.69, 9.17) is 14.3 Å². The molecule has 0 aliphatic rings. The summed E-state index contributed by atoms with van der Waals surface area (Å²) in [5, 5.41) is 9.13. The van der Waals surface area contributed by atoms with Crippen molar-refractivity contribution in [2.75, 3.05) is 11.8 Å². The first-order valence-electron chi connectivity index (χ1n) is 8.22. The van der Waals surface area contributed by atoms with Crippen molar-refractivity contribution in [1.82, 2.24) is 0 Å². The van der Waals surface area contributed by atoms with Crippen LogP contribution in [0.3, 0.4) is 0 Å². The molecule has 11 heteroatoms. The lowest BCUT2D eigenvalue weighted by Crippen LogP contribution is -2.16. The fourth-order valence-electron chi connectivity index (χ4n) is 2.67. The number of hydrogen-bond acceptors (Lipinski definition) is 5. The highest BCUT2D eigenvalue weighted by Crippen LogP contribution is 2.37. The summed E-state index contributed by atoms with van der Waals surface area (Å²) in [6.45, 7) is 0. The van der Waals surface area contributed by atoms with Crippen LogP contribution in [0.15, 0.2) is 64.1 Å². The molecular weight excluding hydrogens is 427 g/mol. The number of aromatic carboxylic acids is 1. The number of carboxylic acid groups (broad SMARTS) is 1. The van der Waals surface area contributed by atoms with Crippen LogP contribution < -0.4 is 9.46 Å². The predicted molar refractivity (Wildman–Crippen MR) is 99.9 cm³/mol. The highest BCUT2D eigenvalue weighted by Gasteiger charge is 2.32. The van der Waals surface area contributed by atoms with Crippen LogP contribution in [0.2, 0.25) is 0 Å². The van der Waals surface area contributed by atoms with E-state index in [9.17, 15) is 26.4 Å². The number of sulfonamides is 1. The van der Waals surface area contributed by atoms with Crippen LogP contribution in [0, 0.1) is 0 Å². The molecule has 158 valence electrons. The molecule has 0 atom stereocenters. The highest BCUT2D eigenvalue weighted by molar-refractivity contribution is 7.92. The Morgan fingerprint density at radius 1 is 1.13 bits per heavy atom. The molecule has 2 aromatic carbocycles. The molecule has 7 nitrogen and oxygen atoms in total. The Morgan fingerprint density at radius 2 is 1.87 bits per heavy atom. The van der Waals surface area contributed by atoms with Gasteiger partial charge in [-0.25, -0.2) is 13.2 Å². The lowest BCUT2D eigenvalue weighted by Gasteiger charge is -2.16. The lowest BCUT2D eigenvalue weighted by molar-refractivity contribution is -0.137. The maximum Gasteiger partial charge on any atom is 0.416 e. The number of methoxy groups -OCH3 is 1. The number of carbonyl (C=O) groups is 1.